The van der Waals surface area contributed by atoms with E-state index in [1.54, 1.807) is 18.2 Å². The number of hydrogen-bond donors (Lipinski definition) is 0. The summed E-state index contributed by atoms with van der Waals surface area (Å²) < 4.78 is 30.0. The van der Waals surface area contributed by atoms with Crippen molar-refractivity contribution in [2.45, 2.75) is 42.7 Å². The first-order valence-corrected chi connectivity index (χ1v) is 14.0. The summed E-state index contributed by atoms with van der Waals surface area (Å²) in [6, 6.07) is 23.2. The molecule has 1 fully saturated rings. The van der Waals surface area contributed by atoms with Gasteiger partial charge in [0.2, 0.25) is 0 Å². The van der Waals surface area contributed by atoms with Crippen molar-refractivity contribution in [3.63, 3.8) is 0 Å². The Morgan fingerprint density at radius 3 is 2.51 bits per heavy atom. The number of sulfonamides is 1. The van der Waals surface area contributed by atoms with Crippen molar-refractivity contribution in [2.75, 3.05) is 11.4 Å². The lowest BCUT2D eigenvalue weighted by molar-refractivity contribution is -0.115. The first-order valence-electron chi connectivity index (χ1n) is 11.8. The number of rotatable bonds is 4. The average Bonchev–Trinajstić information content (AvgIpc) is 3.35. The van der Waals surface area contributed by atoms with E-state index in [1.807, 2.05) is 43.3 Å². The summed E-state index contributed by atoms with van der Waals surface area (Å²) >= 11 is 3.64. The van der Waals surface area contributed by atoms with E-state index in [0.29, 0.717) is 31.6 Å². The number of carbonyl (C=O) groups is 1. The van der Waals surface area contributed by atoms with E-state index in [2.05, 4.69) is 45.1 Å². The molecule has 7 heteroatoms. The third-order valence-corrected chi connectivity index (χ3v) is 9.95. The van der Waals surface area contributed by atoms with Crippen LogP contribution in [0.2, 0.25) is 0 Å². The van der Waals surface area contributed by atoms with Gasteiger partial charge in [-0.05, 0) is 54.8 Å². The van der Waals surface area contributed by atoms with E-state index in [4.69, 9.17) is 0 Å². The first-order chi connectivity index (χ1) is 16.8. The summed E-state index contributed by atoms with van der Waals surface area (Å²) in [6.45, 7) is 2.94. The SMILES string of the molecule is Cc1ccc(S(=O)(=O)N2CC[C@]34C2=CC(=O)C[C@H]3N(Cc2ccccc2)c2ccc(Br)cc24)cc1. The predicted molar refractivity (Wildman–Crippen MR) is 140 cm³/mol. The Hall–Kier alpha value is -2.90. The summed E-state index contributed by atoms with van der Waals surface area (Å²) in [6.07, 6.45) is 2.59. The first kappa shape index (κ1) is 22.6. The van der Waals surface area contributed by atoms with E-state index in [0.717, 1.165) is 26.9 Å². The van der Waals surface area contributed by atoms with Gasteiger partial charge in [0.1, 0.15) is 0 Å². The van der Waals surface area contributed by atoms with Crippen LogP contribution in [-0.2, 0) is 26.8 Å². The van der Waals surface area contributed by atoms with Crippen LogP contribution in [0.3, 0.4) is 0 Å². The zero-order valence-corrected chi connectivity index (χ0v) is 21.7. The Morgan fingerprint density at radius 1 is 1.03 bits per heavy atom. The molecule has 35 heavy (non-hydrogen) atoms. The molecule has 0 radical (unpaired) electrons. The van der Waals surface area contributed by atoms with E-state index in [9.17, 15) is 13.2 Å². The Bertz CT molecular complexity index is 1470. The lowest BCUT2D eigenvalue weighted by Crippen LogP contribution is -2.49. The van der Waals surface area contributed by atoms with Crippen molar-refractivity contribution in [2.24, 2.45) is 0 Å². The molecule has 1 saturated heterocycles. The Kier molecular flexibility index (Phi) is 5.20. The lowest BCUT2D eigenvalue weighted by Gasteiger charge is -2.40. The molecule has 3 aromatic rings. The minimum Gasteiger partial charge on any atom is -0.362 e. The van der Waals surface area contributed by atoms with Gasteiger partial charge in [-0.15, -0.1) is 0 Å². The molecular formula is C28H25BrN2O3S. The number of carbonyl (C=O) groups excluding carboxylic acids is 1. The van der Waals surface area contributed by atoms with Gasteiger partial charge < -0.3 is 4.90 Å². The van der Waals surface area contributed by atoms with Crippen molar-refractivity contribution in [1.82, 2.24) is 4.31 Å². The second-order valence-electron chi connectivity index (χ2n) is 9.60. The van der Waals surface area contributed by atoms with E-state index >= 15 is 0 Å². The van der Waals surface area contributed by atoms with Gasteiger partial charge in [-0.1, -0.05) is 64.0 Å². The topological polar surface area (TPSA) is 57.7 Å². The highest BCUT2D eigenvalue weighted by molar-refractivity contribution is 9.10. The molecule has 1 spiro atoms. The number of anilines is 1. The molecule has 5 nitrogen and oxygen atoms in total. The molecule has 0 saturated carbocycles. The molecule has 1 aliphatic carbocycles. The van der Waals surface area contributed by atoms with Crippen LogP contribution < -0.4 is 4.90 Å². The van der Waals surface area contributed by atoms with Crippen LogP contribution in [-0.4, -0.2) is 31.1 Å². The number of halogens is 1. The van der Waals surface area contributed by atoms with Gasteiger partial charge >= 0.3 is 0 Å². The minimum absolute atomic E-state index is 0.0310. The van der Waals surface area contributed by atoms with Crippen molar-refractivity contribution in [3.05, 3.63) is 106 Å². The molecule has 0 aromatic heterocycles. The van der Waals surface area contributed by atoms with Gasteiger partial charge in [0.15, 0.2) is 5.78 Å². The van der Waals surface area contributed by atoms with Crippen LogP contribution in [0.1, 0.15) is 29.5 Å². The summed E-state index contributed by atoms with van der Waals surface area (Å²) in [4.78, 5) is 15.6. The van der Waals surface area contributed by atoms with Gasteiger partial charge in [-0.25, -0.2) is 8.42 Å². The van der Waals surface area contributed by atoms with Gasteiger partial charge in [-0.2, -0.15) is 0 Å². The van der Waals surface area contributed by atoms with Gasteiger partial charge in [0, 0.05) is 41.4 Å². The van der Waals surface area contributed by atoms with Crippen LogP contribution in [0.5, 0.6) is 0 Å². The maximum Gasteiger partial charge on any atom is 0.264 e. The van der Waals surface area contributed by atoms with E-state index in [1.165, 1.54) is 4.31 Å². The fourth-order valence-corrected chi connectivity index (χ4v) is 7.94. The van der Waals surface area contributed by atoms with Gasteiger partial charge in [-0.3, -0.25) is 9.10 Å². The maximum atomic E-state index is 13.8. The summed E-state index contributed by atoms with van der Waals surface area (Å²) in [5.74, 6) is -0.0310. The molecular weight excluding hydrogens is 524 g/mol. The number of allylic oxidation sites excluding steroid dienone is 1. The van der Waals surface area contributed by atoms with Crippen molar-refractivity contribution < 1.29 is 13.2 Å². The third kappa shape index (κ3) is 3.39. The molecule has 2 atom stereocenters. The number of fused-ring (bicyclic) bond motifs is 1. The third-order valence-electron chi connectivity index (χ3n) is 7.63. The Morgan fingerprint density at radius 2 is 1.77 bits per heavy atom. The van der Waals surface area contributed by atoms with Crippen LogP contribution in [0.4, 0.5) is 5.69 Å². The zero-order valence-electron chi connectivity index (χ0n) is 19.3. The molecule has 2 aliphatic heterocycles. The normalized spacial score (nSPS) is 23.1. The van der Waals surface area contributed by atoms with Gasteiger partial charge in [0.25, 0.3) is 10.0 Å². The molecule has 3 aliphatic rings. The van der Waals surface area contributed by atoms with Crippen molar-refractivity contribution in [1.29, 1.82) is 0 Å². The predicted octanol–water partition coefficient (Wildman–Crippen LogP) is 5.34. The van der Waals surface area contributed by atoms with Crippen molar-refractivity contribution in [3.8, 4) is 0 Å². The highest BCUT2D eigenvalue weighted by Crippen LogP contribution is 2.59. The van der Waals surface area contributed by atoms with Crippen LogP contribution in [0.25, 0.3) is 0 Å². The molecule has 0 amide bonds. The van der Waals surface area contributed by atoms with Crippen molar-refractivity contribution >= 4 is 37.4 Å². The summed E-state index contributed by atoms with van der Waals surface area (Å²) in [5, 5.41) is 0. The minimum atomic E-state index is -3.80. The summed E-state index contributed by atoms with van der Waals surface area (Å²) in [5.41, 5.74) is 4.36. The number of hydrogen-bond acceptors (Lipinski definition) is 4. The number of nitrogens with zero attached hydrogens (tertiary/aromatic N) is 2. The number of ketones is 1. The molecule has 0 bridgehead atoms. The number of aryl methyl sites for hydroxylation is 1. The van der Waals surface area contributed by atoms with E-state index in [-0.39, 0.29) is 16.7 Å². The fourth-order valence-electron chi connectivity index (χ4n) is 6.04. The number of benzene rings is 3. The average molecular weight is 549 g/mol. The Balaban J connectivity index is 1.50. The highest BCUT2D eigenvalue weighted by Gasteiger charge is 2.61. The molecule has 0 unspecified atom stereocenters. The maximum absolute atomic E-state index is 13.8. The van der Waals surface area contributed by atoms with E-state index < -0.39 is 15.4 Å². The summed E-state index contributed by atoms with van der Waals surface area (Å²) in [7, 11) is -3.80. The fraction of sp³-hybridized carbons (Fsp3) is 0.250. The standard InChI is InChI=1S/C28H25BrN2O3S/c1-19-7-10-23(11-8-19)35(33,34)31-14-13-28-24-15-21(29)9-12-25(24)30(18-20-5-3-2-4-6-20)26(28)16-22(32)17-27(28)31/h2-12,15,17,26H,13-14,16,18H2,1H3/t26-,28-/m1/s1. The molecule has 2 heterocycles. The van der Waals surface area contributed by atoms with Crippen LogP contribution in [0, 0.1) is 6.92 Å². The second kappa shape index (κ2) is 8.07. The molecule has 3 aromatic carbocycles. The molecule has 178 valence electrons. The monoisotopic (exact) mass is 548 g/mol. The lowest BCUT2D eigenvalue weighted by atomic mass is 9.69. The smallest absolute Gasteiger partial charge is 0.264 e. The highest BCUT2D eigenvalue weighted by atomic mass is 79.9. The quantitative estimate of drug-likeness (QED) is 0.441. The largest absolute Gasteiger partial charge is 0.362 e. The van der Waals surface area contributed by atoms with Gasteiger partial charge in [0.05, 0.1) is 16.4 Å². The molecule has 0 N–H and O–H groups in total. The zero-order chi connectivity index (χ0) is 24.4. The molecule has 6 rings (SSSR count). The van der Waals surface area contributed by atoms with Crippen LogP contribution in [0.15, 0.2) is 93.9 Å². The van der Waals surface area contributed by atoms with Crippen LogP contribution >= 0.6 is 15.9 Å². The Labute approximate surface area is 214 Å². The second-order valence-corrected chi connectivity index (χ2v) is 12.4.